The molecule has 7 nitrogen and oxygen atoms in total. The fourth-order valence-corrected chi connectivity index (χ4v) is 3.21. The molecule has 30 heavy (non-hydrogen) atoms. The molecule has 1 aliphatic heterocycles. The van der Waals surface area contributed by atoms with Gasteiger partial charge in [-0.1, -0.05) is 18.2 Å². The minimum absolute atomic E-state index is 0.207. The highest BCUT2D eigenvalue weighted by Gasteiger charge is 2.12. The van der Waals surface area contributed by atoms with Gasteiger partial charge in [0.25, 0.3) is 0 Å². The Morgan fingerprint density at radius 1 is 1.10 bits per heavy atom. The number of nitrogens with one attached hydrogen (secondary N) is 2. The molecular weight excluding hydrogens is 385 g/mol. The van der Waals surface area contributed by atoms with Gasteiger partial charge in [0.2, 0.25) is 5.95 Å². The Kier molecular flexibility index (Phi) is 6.14. The number of halogens is 1. The quantitative estimate of drug-likeness (QED) is 0.579. The first-order chi connectivity index (χ1) is 14.7. The van der Waals surface area contributed by atoms with Crippen molar-refractivity contribution in [1.82, 2.24) is 9.97 Å². The molecule has 1 aliphatic rings. The van der Waals surface area contributed by atoms with E-state index in [1.807, 2.05) is 24.3 Å². The lowest BCUT2D eigenvalue weighted by atomic mass is 10.2. The molecule has 0 spiro atoms. The highest BCUT2D eigenvalue weighted by Crippen LogP contribution is 2.22. The number of rotatable bonds is 7. The molecule has 2 N–H and O–H groups in total. The summed E-state index contributed by atoms with van der Waals surface area (Å²) in [5, 5.41) is 6.16. The number of ether oxygens (including phenoxy) is 1. The summed E-state index contributed by atoms with van der Waals surface area (Å²) >= 11 is 0. The van der Waals surface area contributed by atoms with Crippen molar-refractivity contribution in [1.29, 1.82) is 0 Å². The molecule has 4 rings (SSSR count). The van der Waals surface area contributed by atoms with Crippen LogP contribution in [0.1, 0.15) is 15.9 Å². The lowest BCUT2D eigenvalue weighted by Crippen LogP contribution is -2.36. The third-order valence-electron chi connectivity index (χ3n) is 4.85. The fourth-order valence-electron chi connectivity index (χ4n) is 3.21. The molecule has 0 unspecified atom stereocenters. The molecule has 0 saturated carbocycles. The first-order valence-corrected chi connectivity index (χ1v) is 9.72. The molecule has 1 fully saturated rings. The molecule has 3 aromatic rings. The van der Waals surface area contributed by atoms with Gasteiger partial charge in [-0.15, -0.1) is 0 Å². The Labute approximate surface area is 173 Å². The van der Waals surface area contributed by atoms with Gasteiger partial charge in [-0.25, -0.2) is 9.37 Å². The zero-order valence-corrected chi connectivity index (χ0v) is 16.3. The second kappa shape index (κ2) is 9.32. The van der Waals surface area contributed by atoms with Crippen LogP contribution in [0.5, 0.6) is 0 Å². The molecule has 1 aromatic heterocycles. The van der Waals surface area contributed by atoms with Crippen LogP contribution in [0.2, 0.25) is 0 Å². The van der Waals surface area contributed by atoms with Gasteiger partial charge in [-0.2, -0.15) is 4.98 Å². The summed E-state index contributed by atoms with van der Waals surface area (Å²) < 4.78 is 19.2. The van der Waals surface area contributed by atoms with Gasteiger partial charge >= 0.3 is 0 Å². The summed E-state index contributed by atoms with van der Waals surface area (Å²) in [6, 6.07) is 14.4. The Bertz CT molecular complexity index is 1010. The molecule has 2 heterocycles. The second-order valence-corrected chi connectivity index (χ2v) is 6.83. The van der Waals surface area contributed by atoms with Crippen molar-refractivity contribution in [2.45, 2.75) is 6.54 Å². The van der Waals surface area contributed by atoms with Gasteiger partial charge in [0.05, 0.1) is 18.8 Å². The number of morpholine rings is 1. The van der Waals surface area contributed by atoms with E-state index in [1.54, 1.807) is 18.2 Å². The number of aldehydes is 1. The van der Waals surface area contributed by atoms with E-state index < -0.39 is 0 Å². The van der Waals surface area contributed by atoms with Crippen LogP contribution >= 0.6 is 0 Å². The van der Waals surface area contributed by atoms with Crippen LogP contribution in [-0.2, 0) is 11.3 Å². The zero-order chi connectivity index (χ0) is 20.8. The smallest absolute Gasteiger partial charge is 0.229 e. The first-order valence-electron chi connectivity index (χ1n) is 9.72. The summed E-state index contributed by atoms with van der Waals surface area (Å²) in [4.78, 5) is 22.2. The fraction of sp³-hybridized carbons (Fsp3) is 0.227. The molecule has 0 atom stereocenters. The van der Waals surface area contributed by atoms with Crippen molar-refractivity contribution >= 4 is 29.4 Å². The van der Waals surface area contributed by atoms with Gasteiger partial charge in [-0.05, 0) is 30.3 Å². The lowest BCUT2D eigenvalue weighted by molar-refractivity contribution is 0.112. The summed E-state index contributed by atoms with van der Waals surface area (Å²) in [5.41, 5.74) is 2.75. The SMILES string of the molecule is O=Cc1cnc(Nc2ccc(N3CCOCC3)cc2)nc1NCc1ccccc1F. The zero-order valence-electron chi connectivity index (χ0n) is 16.3. The summed E-state index contributed by atoms with van der Waals surface area (Å²) in [6.45, 7) is 3.43. The van der Waals surface area contributed by atoms with Crippen LogP contribution in [0.25, 0.3) is 0 Å². The molecule has 8 heteroatoms. The van der Waals surface area contributed by atoms with Gasteiger partial charge in [-0.3, -0.25) is 4.79 Å². The third-order valence-corrected chi connectivity index (χ3v) is 4.85. The summed E-state index contributed by atoms with van der Waals surface area (Å²) in [7, 11) is 0. The summed E-state index contributed by atoms with van der Waals surface area (Å²) in [5.74, 6) is 0.372. The maximum absolute atomic E-state index is 13.8. The molecule has 0 radical (unpaired) electrons. The predicted octanol–water partition coefficient (Wildman–Crippen LogP) is 3.62. The maximum Gasteiger partial charge on any atom is 0.229 e. The van der Waals surface area contributed by atoms with E-state index in [-0.39, 0.29) is 12.4 Å². The van der Waals surface area contributed by atoms with Crippen LogP contribution < -0.4 is 15.5 Å². The van der Waals surface area contributed by atoms with E-state index in [4.69, 9.17) is 4.74 Å². The van der Waals surface area contributed by atoms with Crippen LogP contribution in [0.3, 0.4) is 0 Å². The lowest BCUT2D eigenvalue weighted by Gasteiger charge is -2.28. The number of hydrogen-bond donors (Lipinski definition) is 2. The van der Waals surface area contributed by atoms with E-state index in [0.717, 1.165) is 37.7 Å². The molecular formula is C22H22FN5O2. The van der Waals surface area contributed by atoms with E-state index >= 15 is 0 Å². The normalized spacial score (nSPS) is 13.7. The number of nitrogens with zero attached hydrogens (tertiary/aromatic N) is 3. The van der Waals surface area contributed by atoms with E-state index in [9.17, 15) is 9.18 Å². The molecule has 0 amide bonds. The number of carbonyl (C=O) groups is 1. The second-order valence-electron chi connectivity index (χ2n) is 6.83. The molecule has 154 valence electrons. The van der Waals surface area contributed by atoms with Crippen molar-refractivity contribution < 1.29 is 13.9 Å². The largest absolute Gasteiger partial charge is 0.378 e. The Hall–Kier alpha value is -3.52. The van der Waals surface area contributed by atoms with Gasteiger partial charge < -0.3 is 20.3 Å². The summed E-state index contributed by atoms with van der Waals surface area (Å²) in [6.07, 6.45) is 2.11. The van der Waals surface area contributed by atoms with Crippen molar-refractivity contribution in [3.8, 4) is 0 Å². The van der Waals surface area contributed by atoms with Crippen LogP contribution in [-0.4, -0.2) is 42.6 Å². The van der Waals surface area contributed by atoms with Crippen molar-refractivity contribution in [3.63, 3.8) is 0 Å². The Balaban J connectivity index is 1.46. The minimum Gasteiger partial charge on any atom is -0.378 e. The topological polar surface area (TPSA) is 79.4 Å². The monoisotopic (exact) mass is 407 g/mol. The Morgan fingerprint density at radius 2 is 1.87 bits per heavy atom. The number of hydrogen-bond acceptors (Lipinski definition) is 7. The maximum atomic E-state index is 13.8. The van der Waals surface area contributed by atoms with E-state index in [2.05, 4.69) is 25.5 Å². The molecule has 1 saturated heterocycles. The minimum atomic E-state index is -0.314. The van der Waals surface area contributed by atoms with E-state index in [0.29, 0.717) is 29.2 Å². The Morgan fingerprint density at radius 3 is 2.60 bits per heavy atom. The van der Waals surface area contributed by atoms with Crippen LogP contribution in [0, 0.1) is 5.82 Å². The standard InChI is InChI=1S/C22H22FN5O2/c23-20-4-2-1-3-16(20)13-24-21-17(15-29)14-25-22(27-21)26-18-5-7-19(8-6-18)28-9-11-30-12-10-28/h1-8,14-15H,9-13H2,(H2,24,25,26,27). The van der Waals surface area contributed by atoms with Gasteiger partial charge in [0.15, 0.2) is 6.29 Å². The number of carbonyl (C=O) groups excluding carboxylic acids is 1. The number of benzene rings is 2. The van der Waals surface area contributed by atoms with Crippen molar-refractivity contribution in [2.75, 3.05) is 41.8 Å². The van der Waals surface area contributed by atoms with Crippen LogP contribution in [0.4, 0.5) is 27.5 Å². The third kappa shape index (κ3) is 4.72. The van der Waals surface area contributed by atoms with Crippen molar-refractivity contribution in [2.24, 2.45) is 0 Å². The number of aromatic nitrogens is 2. The number of anilines is 4. The first kappa shape index (κ1) is 19.8. The average molecular weight is 407 g/mol. The average Bonchev–Trinajstić information content (AvgIpc) is 2.80. The highest BCUT2D eigenvalue weighted by molar-refractivity contribution is 5.82. The predicted molar refractivity (Wildman–Crippen MR) is 114 cm³/mol. The molecule has 0 aliphatic carbocycles. The van der Waals surface area contributed by atoms with Gasteiger partial charge in [0, 0.05) is 42.8 Å². The highest BCUT2D eigenvalue weighted by atomic mass is 19.1. The van der Waals surface area contributed by atoms with Gasteiger partial charge in [0.1, 0.15) is 11.6 Å². The molecule has 0 bridgehead atoms. The van der Waals surface area contributed by atoms with Crippen molar-refractivity contribution in [3.05, 3.63) is 71.7 Å². The van der Waals surface area contributed by atoms with Crippen LogP contribution in [0.15, 0.2) is 54.7 Å². The molecule has 2 aromatic carbocycles. The van der Waals surface area contributed by atoms with E-state index in [1.165, 1.54) is 12.3 Å².